The number of aryl methyl sites for hydroxylation is 1. The van der Waals surface area contributed by atoms with Crippen LogP contribution in [0.3, 0.4) is 0 Å². The van der Waals surface area contributed by atoms with Crippen LogP contribution in [0.4, 0.5) is 0 Å². The fourth-order valence-corrected chi connectivity index (χ4v) is 4.49. The van der Waals surface area contributed by atoms with Crippen LogP contribution in [0.5, 0.6) is 17.2 Å². The second-order valence-corrected chi connectivity index (χ2v) is 9.35. The molecule has 2 aromatic rings. The van der Waals surface area contributed by atoms with Gasteiger partial charge in [-0.3, -0.25) is 0 Å². The average Bonchev–Trinajstić information content (AvgIpc) is 3.28. The summed E-state index contributed by atoms with van der Waals surface area (Å²) in [4.78, 5) is 12.1. The third kappa shape index (κ3) is 5.37. The lowest BCUT2D eigenvalue weighted by molar-refractivity contribution is 0.0702. The molecule has 0 atom stereocenters. The van der Waals surface area contributed by atoms with Gasteiger partial charge >= 0.3 is 5.97 Å². The standard InChI is InChI=1S/C18H21NO7S2/c1-28(22,23)19(8-2-3-14-5-7-17(27-14)18(20)21)9-10-24-13-4-6-15-16(11-13)26-12-25-15/h4-7,11H,2-3,8-10,12H2,1H3,(H,20,21). The van der Waals surface area contributed by atoms with E-state index in [2.05, 4.69) is 0 Å². The molecule has 8 nitrogen and oxygen atoms in total. The normalized spacial score (nSPS) is 13.1. The van der Waals surface area contributed by atoms with Crippen molar-refractivity contribution in [2.75, 3.05) is 32.7 Å². The van der Waals surface area contributed by atoms with Crippen LogP contribution in [0.1, 0.15) is 21.0 Å². The van der Waals surface area contributed by atoms with Crippen LogP contribution in [0, 0.1) is 0 Å². The fourth-order valence-electron chi connectivity index (χ4n) is 2.73. The summed E-state index contributed by atoms with van der Waals surface area (Å²) in [5.41, 5.74) is 0. The van der Waals surface area contributed by atoms with Gasteiger partial charge in [0.1, 0.15) is 17.2 Å². The number of hydrogen-bond donors (Lipinski definition) is 1. The molecule has 1 aliphatic heterocycles. The van der Waals surface area contributed by atoms with Gasteiger partial charge in [0.15, 0.2) is 11.5 Å². The van der Waals surface area contributed by atoms with Gasteiger partial charge in [0.05, 0.1) is 6.26 Å². The lowest BCUT2D eigenvalue weighted by atomic mass is 10.2. The van der Waals surface area contributed by atoms with Gasteiger partial charge in [0.25, 0.3) is 0 Å². The quantitative estimate of drug-likeness (QED) is 0.621. The Bertz CT molecular complexity index is 939. The number of hydrogen-bond acceptors (Lipinski definition) is 7. The zero-order valence-corrected chi connectivity index (χ0v) is 16.9. The Balaban J connectivity index is 1.49. The molecule has 0 radical (unpaired) electrons. The van der Waals surface area contributed by atoms with Crippen molar-refractivity contribution in [1.82, 2.24) is 4.31 Å². The van der Waals surface area contributed by atoms with E-state index in [1.54, 1.807) is 30.3 Å². The maximum absolute atomic E-state index is 12.0. The number of sulfonamides is 1. The van der Waals surface area contributed by atoms with Gasteiger partial charge in [0.2, 0.25) is 16.8 Å². The van der Waals surface area contributed by atoms with Gasteiger partial charge in [0, 0.05) is 24.0 Å². The van der Waals surface area contributed by atoms with Gasteiger partial charge in [-0.25, -0.2) is 13.2 Å². The first kappa shape index (κ1) is 20.4. The summed E-state index contributed by atoms with van der Waals surface area (Å²) in [5.74, 6) is 0.894. The fraction of sp³-hybridized carbons (Fsp3) is 0.389. The van der Waals surface area contributed by atoms with E-state index in [1.807, 2.05) is 0 Å². The van der Waals surface area contributed by atoms with E-state index in [9.17, 15) is 13.2 Å². The van der Waals surface area contributed by atoms with E-state index in [0.29, 0.717) is 36.6 Å². The van der Waals surface area contributed by atoms with Crippen LogP contribution >= 0.6 is 11.3 Å². The number of nitrogens with zero attached hydrogens (tertiary/aromatic N) is 1. The number of carboxylic acids is 1. The van der Waals surface area contributed by atoms with Gasteiger partial charge in [-0.2, -0.15) is 4.31 Å². The predicted molar refractivity (Wildman–Crippen MR) is 104 cm³/mol. The highest BCUT2D eigenvalue weighted by Crippen LogP contribution is 2.35. The number of carbonyl (C=O) groups is 1. The van der Waals surface area contributed by atoms with Crippen LogP contribution in [0.2, 0.25) is 0 Å². The molecule has 28 heavy (non-hydrogen) atoms. The SMILES string of the molecule is CS(=O)(=O)N(CCCc1ccc(C(=O)O)s1)CCOc1ccc2c(c1)OCO2. The Hall–Kier alpha value is -2.30. The average molecular weight is 428 g/mol. The van der Waals surface area contributed by atoms with Crippen molar-refractivity contribution in [3.63, 3.8) is 0 Å². The molecule has 0 saturated carbocycles. The topological polar surface area (TPSA) is 102 Å². The lowest BCUT2D eigenvalue weighted by Crippen LogP contribution is -2.34. The second-order valence-electron chi connectivity index (χ2n) is 6.20. The van der Waals surface area contributed by atoms with Crippen molar-refractivity contribution in [3.05, 3.63) is 40.1 Å². The molecule has 0 spiro atoms. The first-order chi connectivity index (χ1) is 13.3. The largest absolute Gasteiger partial charge is 0.492 e. The Kier molecular flexibility index (Phi) is 6.42. The summed E-state index contributed by atoms with van der Waals surface area (Å²) in [6, 6.07) is 8.54. The zero-order valence-electron chi connectivity index (χ0n) is 15.3. The van der Waals surface area contributed by atoms with E-state index >= 15 is 0 Å². The molecular weight excluding hydrogens is 406 g/mol. The van der Waals surface area contributed by atoms with Crippen LogP contribution < -0.4 is 14.2 Å². The van der Waals surface area contributed by atoms with E-state index in [-0.39, 0.29) is 24.8 Å². The third-order valence-corrected chi connectivity index (χ3v) is 6.56. The molecule has 0 amide bonds. The monoisotopic (exact) mass is 427 g/mol. The van der Waals surface area contributed by atoms with Crippen molar-refractivity contribution in [2.24, 2.45) is 0 Å². The maximum atomic E-state index is 12.0. The number of carboxylic acid groups (broad SMARTS) is 1. The third-order valence-electron chi connectivity index (χ3n) is 4.13. The Morgan fingerprint density at radius 3 is 2.71 bits per heavy atom. The van der Waals surface area contributed by atoms with E-state index in [4.69, 9.17) is 19.3 Å². The molecule has 2 heterocycles. The molecule has 1 N–H and O–H groups in total. The number of thiophene rings is 1. The molecule has 10 heteroatoms. The summed E-state index contributed by atoms with van der Waals surface area (Å²) in [6.45, 7) is 0.940. The highest BCUT2D eigenvalue weighted by atomic mass is 32.2. The number of benzene rings is 1. The lowest BCUT2D eigenvalue weighted by Gasteiger charge is -2.20. The smallest absolute Gasteiger partial charge is 0.345 e. The predicted octanol–water partition coefficient (Wildman–Crippen LogP) is 2.45. The molecular formula is C18H21NO7S2. The van der Waals surface area contributed by atoms with Gasteiger partial charge in [-0.1, -0.05) is 0 Å². The van der Waals surface area contributed by atoms with Crippen molar-refractivity contribution < 1.29 is 32.5 Å². The molecule has 0 fully saturated rings. The van der Waals surface area contributed by atoms with Crippen molar-refractivity contribution in [3.8, 4) is 17.2 Å². The minimum Gasteiger partial charge on any atom is -0.492 e. The molecule has 0 bridgehead atoms. The van der Waals surface area contributed by atoms with Crippen LogP contribution in [-0.4, -0.2) is 56.5 Å². The number of ether oxygens (including phenoxy) is 3. The molecule has 1 aromatic heterocycles. The molecule has 0 unspecified atom stereocenters. The summed E-state index contributed by atoms with van der Waals surface area (Å²) in [5, 5.41) is 8.96. The van der Waals surface area contributed by atoms with Crippen molar-refractivity contribution in [1.29, 1.82) is 0 Å². The second kappa shape index (κ2) is 8.80. The summed E-state index contributed by atoms with van der Waals surface area (Å²) in [6.07, 6.45) is 2.38. The minimum atomic E-state index is -3.37. The molecule has 1 aromatic carbocycles. The number of fused-ring (bicyclic) bond motifs is 1. The number of aromatic carboxylic acids is 1. The highest BCUT2D eigenvalue weighted by Gasteiger charge is 2.18. The molecule has 1 aliphatic rings. The number of rotatable bonds is 10. The summed E-state index contributed by atoms with van der Waals surface area (Å²) < 4.78 is 41.6. The summed E-state index contributed by atoms with van der Waals surface area (Å²) in [7, 11) is -3.37. The molecule has 3 rings (SSSR count). The molecule has 0 aliphatic carbocycles. The minimum absolute atomic E-state index is 0.179. The van der Waals surface area contributed by atoms with Crippen LogP contribution in [0.15, 0.2) is 30.3 Å². The summed E-state index contributed by atoms with van der Waals surface area (Å²) >= 11 is 1.21. The Morgan fingerprint density at radius 2 is 2.00 bits per heavy atom. The first-order valence-corrected chi connectivity index (χ1v) is 11.3. The molecule has 152 valence electrons. The molecule has 0 saturated heterocycles. The zero-order chi connectivity index (χ0) is 20.1. The van der Waals surface area contributed by atoms with Crippen molar-refractivity contribution in [2.45, 2.75) is 12.8 Å². The maximum Gasteiger partial charge on any atom is 0.345 e. The van der Waals surface area contributed by atoms with E-state index < -0.39 is 16.0 Å². The van der Waals surface area contributed by atoms with Gasteiger partial charge in [-0.15, -0.1) is 11.3 Å². The van der Waals surface area contributed by atoms with Crippen LogP contribution in [-0.2, 0) is 16.4 Å². The van der Waals surface area contributed by atoms with E-state index in [1.165, 1.54) is 21.9 Å². The first-order valence-electron chi connectivity index (χ1n) is 8.62. The van der Waals surface area contributed by atoms with Crippen molar-refractivity contribution >= 4 is 27.3 Å². The Morgan fingerprint density at radius 1 is 1.21 bits per heavy atom. The van der Waals surface area contributed by atoms with E-state index in [0.717, 1.165) is 4.88 Å². The highest BCUT2D eigenvalue weighted by molar-refractivity contribution is 7.88. The Labute approximate surface area is 167 Å². The van der Waals surface area contributed by atoms with Gasteiger partial charge in [-0.05, 0) is 37.1 Å². The van der Waals surface area contributed by atoms with Gasteiger partial charge < -0.3 is 19.3 Å². The van der Waals surface area contributed by atoms with Crippen LogP contribution in [0.25, 0.3) is 0 Å².